The highest BCUT2D eigenvalue weighted by Crippen LogP contribution is 2.53. The number of nitrogens with one attached hydrogen (secondary N) is 1. The summed E-state index contributed by atoms with van der Waals surface area (Å²) >= 11 is 0. The fourth-order valence-electron chi connectivity index (χ4n) is 4.11. The van der Waals surface area contributed by atoms with Crippen molar-refractivity contribution in [3.05, 3.63) is 48.6 Å². The van der Waals surface area contributed by atoms with Crippen LogP contribution < -0.4 is 4.72 Å². The maximum absolute atomic E-state index is 13.2. The van der Waals surface area contributed by atoms with Crippen LogP contribution in [0.1, 0.15) is 45.6 Å². The second-order valence-electron chi connectivity index (χ2n) is 9.36. The summed E-state index contributed by atoms with van der Waals surface area (Å²) in [5.41, 5.74) is -1.46. The lowest BCUT2D eigenvalue weighted by Crippen LogP contribution is -2.61. The third-order valence-corrected chi connectivity index (χ3v) is 8.13. The molecule has 2 aliphatic rings. The highest BCUT2D eigenvalue weighted by molar-refractivity contribution is 7.91. The molecule has 0 radical (unpaired) electrons. The van der Waals surface area contributed by atoms with Gasteiger partial charge < -0.3 is 9.84 Å². The average molecular weight is 451 g/mol. The number of hydrogen-bond donors (Lipinski definition) is 2. The first-order valence-electron chi connectivity index (χ1n) is 10.2. The Kier molecular flexibility index (Phi) is 5.96. The largest absolute Gasteiger partial charge is 0.465 e. The van der Waals surface area contributed by atoms with Crippen molar-refractivity contribution in [3.8, 4) is 0 Å². The first-order chi connectivity index (χ1) is 14.4. The number of carbonyl (C=O) groups is 2. The molecule has 1 aromatic carbocycles. The van der Waals surface area contributed by atoms with E-state index in [0.29, 0.717) is 12.8 Å². The number of benzene rings is 1. The Morgan fingerprint density at radius 3 is 2.35 bits per heavy atom. The molecule has 2 saturated carbocycles. The number of amides is 2. The molecule has 0 unspecified atom stereocenters. The maximum Gasteiger partial charge on any atom is 0.408 e. The second kappa shape index (κ2) is 7.94. The highest BCUT2D eigenvalue weighted by atomic mass is 32.2. The van der Waals surface area contributed by atoms with Crippen LogP contribution in [-0.4, -0.2) is 52.9 Å². The molecule has 2 N–H and O–H groups in total. The molecule has 0 spiro atoms. The van der Waals surface area contributed by atoms with E-state index in [0.717, 1.165) is 10.5 Å². The Morgan fingerprint density at radius 2 is 1.90 bits per heavy atom. The van der Waals surface area contributed by atoms with Gasteiger partial charge in [0.05, 0.1) is 13.2 Å². The van der Waals surface area contributed by atoms with E-state index < -0.39 is 43.8 Å². The summed E-state index contributed by atoms with van der Waals surface area (Å²) < 4.78 is 32.8. The molecule has 0 aromatic heterocycles. The van der Waals surface area contributed by atoms with Crippen molar-refractivity contribution in [1.29, 1.82) is 0 Å². The van der Waals surface area contributed by atoms with Crippen molar-refractivity contribution < 1.29 is 27.9 Å². The lowest BCUT2D eigenvalue weighted by molar-refractivity contribution is -0.128. The maximum atomic E-state index is 13.2. The van der Waals surface area contributed by atoms with Gasteiger partial charge in [-0.15, -0.1) is 6.58 Å². The van der Waals surface area contributed by atoms with Crippen LogP contribution in [0.5, 0.6) is 0 Å². The standard InChI is InChI=1S/C22H30N2O6S/c1-5-17-13-22(17,24(19(26)27)20(2,3)4)18(25)23-31(28,29)21(11-12-21)15-30-14-16-9-7-6-8-10-16/h5-10,17H,1,11-15H2,2-4H3,(H,23,25)(H,26,27)/t17-,22-/m1/s1. The minimum atomic E-state index is -4.06. The number of sulfonamides is 1. The van der Waals surface area contributed by atoms with Gasteiger partial charge in [-0.05, 0) is 45.6 Å². The lowest BCUT2D eigenvalue weighted by atomic mass is 10.00. The van der Waals surface area contributed by atoms with Crippen molar-refractivity contribution in [3.63, 3.8) is 0 Å². The van der Waals surface area contributed by atoms with Crippen LogP contribution in [0, 0.1) is 5.92 Å². The summed E-state index contributed by atoms with van der Waals surface area (Å²) in [6.07, 6.45) is 1.17. The highest BCUT2D eigenvalue weighted by Gasteiger charge is 2.68. The molecule has 31 heavy (non-hydrogen) atoms. The van der Waals surface area contributed by atoms with Crippen LogP contribution in [0.15, 0.2) is 43.0 Å². The first kappa shape index (κ1) is 23.3. The summed E-state index contributed by atoms with van der Waals surface area (Å²) in [6.45, 7) is 8.92. The van der Waals surface area contributed by atoms with Gasteiger partial charge in [0.15, 0.2) is 0 Å². The van der Waals surface area contributed by atoms with Crippen LogP contribution >= 0.6 is 0 Å². The predicted molar refractivity (Wildman–Crippen MR) is 116 cm³/mol. The molecule has 1 aromatic rings. The Hall–Kier alpha value is -2.39. The van der Waals surface area contributed by atoms with Gasteiger partial charge in [-0.25, -0.2) is 13.2 Å². The summed E-state index contributed by atoms with van der Waals surface area (Å²) in [6, 6.07) is 9.40. The Balaban J connectivity index is 1.74. The normalized spacial score (nSPS) is 24.2. The molecule has 2 fully saturated rings. The third kappa shape index (κ3) is 4.34. The zero-order valence-corrected chi connectivity index (χ0v) is 18.9. The minimum Gasteiger partial charge on any atom is -0.465 e. The van der Waals surface area contributed by atoms with Gasteiger partial charge in [0.2, 0.25) is 10.0 Å². The van der Waals surface area contributed by atoms with Crippen LogP contribution in [0.4, 0.5) is 4.79 Å². The van der Waals surface area contributed by atoms with Crippen molar-refractivity contribution in [2.24, 2.45) is 5.92 Å². The zero-order chi connectivity index (χ0) is 23.1. The number of rotatable bonds is 9. The Morgan fingerprint density at radius 1 is 1.29 bits per heavy atom. The van der Waals surface area contributed by atoms with Gasteiger partial charge in [-0.3, -0.25) is 14.4 Å². The number of ether oxygens (including phenoxy) is 1. The molecule has 2 aliphatic carbocycles. The van der Waals surface area contributed by atoms with E-state index in [1.807, 2.05) is 30.3 Å². The van der Waals surface area contributed by atoms with Gasteiger partial charge >= 0.3 is 6.09 Å². The SMILES string of the molecule is C=C[C@@H]1C[C@@]1(C(=O)NS(=O)(=O)C1(COCc2ccccc2)CC1)N(C(=O)O)C(C)(C)C. The molecule has 8 nitrogen and oxygen atoms in total. The van der Waals surface area contributed by atoms with Crippen molar-refractivity contribution >= 4 is 22.0 Å². The molecule has 0 heterocycles. The predicted octanol–water partition coefficient (Wildman–Crippen LogP) is 2.91. The van der Waals surface area contributed by atoms with Crippen molar-refractivity contribution in [2.75, 3.05) is 6.61 Å². The fourth-order valence-corrected chi connectivity index (χ4v) is 5.62. The lowest BCUT2D eigenvalue weighted by Gasteiger charge is -2.40. The van der Waals surface area contributed by atoms with E-state index in [2.05, 4.69) is 11.3 Å². The molecular weight excluding hydrogens is 420 g/mol. The Labute approximate surface area is 183 Å². The average Bonchev–Trinajstić information content (AvgIpc) is 3.56. The van der Waals surface area contributed by atoms with E-state index in [-0.39, 0.29) is 19.6 Å². The van der Waals surface area contributed by atoms with Crippen molar-refractivity contribution in [2.45, 2.75) is 62.5 Å². The van der Waals surface area contributed by atoms with E-state index in [1.54, 1.807) is 20.8 Å². The van der Waals surface area contributed by atoms with E-state index in [9.17, 15) is 23.1 Å². The minimum absolute atomic E-state index is 0.0374. The molecule has 2 amide bonds. The summed E-state index contributed by atoms with van der Waals surface area (Å²) in [5, 5.41) is 9.78. The van der Waals surface area contributed by atoms with Gasteiger partial charge in [0.1, 0.15) is 10.3 Å². The quantitative estimate of drug-likeness (QED) is 0.560. The van der Waals surface area contributed by atoms with Crippen LogP contribution in [0.2, 0.25) is 0 Å². The van der Waals surface area contributed by atoms with Gasteiger partial charge in [0, 0.05) is 11.5 Å². The topological polar surface area (TPSA) is 113 Å². The van der Waals surface area contributed by atoms with Crippen LogP contribution in [0.25, 0.3) is 0 Å². The first-order valence-corrected chi connectivity index (χ1v) is 11.7. The second-order valence-corrected chi connectivity index (χ2v) is 11.4. The van der Waals surface area contributed by atoms with Gasteiger partial charge in [0.25, 0.3) is 5.91 Å². The smallest absolute Gasteiger partial charge is 0.408 e. The molecule has 3 rings (SSSR count). The Bertz CT molecular complexity index is 965. The van der Waals surface area contributed by atoms with Crippen molar-refractivity contribution in [1.82, 2.24) is 9.62 Å². The monoisotopic (exact) mass is 450 g/mol. The molecule has 0 aliphatic heterocycles. The van der Waals surface area contributed by atoms with Gasteiger partial charge in [-0.1, -0.05) is 36.4 Å². The van der Waals surface area contributed by atoms with Crippen LogP contribution in [0.3, 0.4) is 0 Å². The molecule has 9 heteroatoms. The molecule has 170 valence electrons. The van der Waals surface area contributed by atoms with E-state index in [4.69, 9.17) is 4.74 Å². The summed E-state index contributed by atoms with van der Waals surface area (Å²) in [4.78, 5) is 26.2. The van der Waals surface area contributed by atoms with Gasteiger partial charge in [-0.2, -0.15) is 0 Å². The molecular formula is C22H30N2O6S. The summed E-state index contributed by atoms with van der Waals surface area (Å²) in [7, 11) is -4.06. The molecule has 0 saturated heterocycles. The molecule has 0 bridgehead atoms. The fraction of sp³-hybridized carbons (Fsp3) is 0.545. The number of nitrogens with zero attached hydrogens (tertiary/aromatic N) is 1. The summed E-state index contributed by atoms with van der Waals surface area (Å²) in [5.74, 6) is -1.29. The van der Waals surface area contributed by atoms with E-state index in [1.165, 1.54) is 6.08 Å². The van der Waals surface area contributed by atoms with Crippen LogP contribution in [-0.2, 0) is 26.2 Å². The zero-order valence-electron chi connectivity index (χ0n) is 18.1. The number of carboxylic acid groups (broad SMARTS) is 1. The van der Waals surface area contributed by atoms with E-state index >= 15 is 0 Å². The molecule has 2 atom stereocenters. The number of hydrogen-bond acceptors (Lipinski definition) is 5. The number of carbonyl (C=O) groups excluding carboxylic acids is 1. The third-order valence-electron chi connectivity index (χ3n) is 6.00.